The van der Waals surface area contributed by atoms with E-state index < -0.39 is 0 Å². The molecule has 0 fully saturated rings. The molecular weight excluding hydrogens is 364 g/mol. The highest BCUT2D eigenvalue weighted by atomic mass is 35.5. The van der Waals surface area contributed by atoms with Crippen molar-refractivity contribution in [1.29, 1.82) is 0 Å². The predicted octanol–water partition coefficient (Wildman–Crippen LogP) is 4.13. The van der Waals surface area contributed by atoms with Crippen molar-refractivity contribution in [3.63, 3.8) is 0 Å². The molecule has 3 aromatic rings. The summed E-state index contributed by atoms with van der Waals surface area (Å²) >= 11 is 6.09. The summed E-state index contributed by atoms with van der Waals surface area (Å²) in [5.74, 6) is 0.525. The van der Waals surface area contributed by atoms with E-state index in [9.17, 15) is 4.79 Å². The largest absolute Gasteiger partial charge is 0.490 e. The predicted molar refractivity (Wildman–Crippen MR) is 107 cm³/mol. The van der Waals surface area contributed by atoms with Crippen LogP contribution in [-0.4, -0.2) is 45.8 Å². The maximum absolute atomic E-state index is 13.0. The van der Waals surface area contributed by atoms with Gasteiger partial charge in [-0.2, -0.15) is 5.10 Å². The molecule has 0 radical (unpaired) electrons. The summed E-state index contributed by atoms with van der Waals surface area (Å²) in [6, 6.07) is 9.26. The van der Waals surface area contributed by atoms with Crippen LogP contribution in [0.5, 0.6) is 5.75 Å². The number of hydrogen-bond acceptors (Lipinski definition) is 4. The van der Waals surface area contributed by atoms with E-state index in [2.05, 4.69) is 10.1 Å². The zero-order chi connectivity index (χ0) is 19.6. The second-order valence-corrected chi connectivity index (χ2v) is 7.14. The second kappa shape index (κ2) is 7.96. The Labute approximate surface area is 163 Å². The molecule has 1 aromatic carbocycles. The molecule has 0 bridgehead atoms. The van der Waals surface area contributed by atoms with Gasteiger partial charge in [0.05, 0.1) is 28.7 Å². The van der Waals surface area contributed by atoms with Gasteiger partial charge in [-0.1, -0.05) is 23.7 Å². The van der Waals surface area contributed by atoms with Crippen LogP contribution >= 0.6 is 11.6 Å². The molecule has 2 heterocycles. The molecular formula is C20H23ClN4O2. The Kier molecular flexibility index (Phi) is 5.65. The van der Waals surface area contributed by atoms with Gasteiger partial charge in [-0.3, -0.25) is 4.79 Å². The average Bonchev–Trinajstić information content (AvgIpc) is 3.05. The highest BCUT2D eigenvalue weighted by Gasteiger charge is 2.19. The molecule has 0 N–H and O–H groups in total. The third-order valence-electron chi connectivity index (χ3n) is 4.28. The normalized spacial score (nSPS) is 11.2. The quantitative estimate of drug-likeness (QED) is 0.639. The molecule has 7 heteroatoms. The van der Waals surface area contributed by atoms with Crippen LogP contribution in [0.4, 0.5) is 0 Å². The number of rotatable bonds is 6. The summed E-state index contributed by atoms with van der Waals surface area (Å²) in [5.41, 5.74) is 2.12. The van der Waals surface area contributed by atoms with Gasteiger partial charge in [0.15, 0.2) is 5.65 Å². The third kappa shape index (κ3) is 4.06. The number of carbonyl (C=O) groups excluding carboxylic acids is 1. The van der Waals surface area contributed by atoms with Crippen molar-refractivity contribution in [2.24, 2.45) is 0 Å². The lowest BCUT2D eigenvalue weighted by molar-refractivity contribution is 0.0775. The number of likely N-dealkylation sites (N-methyl/N-ethyl adjacent to an activating group) is 1. The van der Waals surface area contributed by atoms with Crippen LogP contribution in [-0.2, 0) is 0 Å². The van der Waals surface area contributed by atoms with Crippen molar-refractivity contribution in [2.75, 3.05) is 20.2 Å². The molecule has 0 aliphatic heterocycles. The Morgan fingerprint density at radius 2 is 2.07 bits per heavy atom. The van der Waals surface area contributed by atoms with E-state index in [1.807, 2.05) is 43.7 Å². The standard InChI is InChI=1S/C20H23ClN4O2/c1-13(2)25-19-16(12-22-25)15(11-14(3)23-19)20(26)24(4)9-10-27-18-8-6-5-7-17(18)21/h5-8,11-13H,9-10H2,1-4H3. The van der Waals surface area contributed by atoms with E-state index in [1.165, 1.54) is 0 Å². The van der Waals surface area contributed by atoms with E-state index in [0.29, 0.717) is 29.5 Å². The van der Waals surface area contributed by atoms with Crippen molar-refractivity contribution in [1.82, 2.24) is 19.7 Å². The molecule has 3 rings (SSSR count). The zero-order valence-corrected chi connectivity index (χ0v) is 16.7. The first kappa shape index (κ1) is 19.2. The first-order valence-corrected chi connectivity index (χ1v) is 9.24. The summed E-state index contributed by atoms with van der Waals surface area (Å²) < 4.78 is 7.52. The molecule has 142 valence electrons. The number of benzene rings is 1. The summed E-state index contributed by atoms with van der Waals surface area (Å²) in [4.78, 5) is 19.2. The first-order valence-electron chi connectivity index (χ1n) is 8.86. The molecule has 0 saturated heterocycles. The number of amides is 1. The molecule has 0 aliphatic carbocycles. The molecule has 0 aliphatic rings. The minimum Gasteiger partial charge on any atom is -0.490 e. The fourth-order valence-electron chi connectivity index (χ4n) is 2.86. The van der Waals surface area contributed by atoms with Gasteiger partial charge in [0, 0.05) is 18.8 Å². The lowest BCUT2D eigenvalue weighted by Gasteiger charge is -2.18. The lowest BCUT2D eigenvalue weighted by Crippen LogP contribution is -2.31. The van der Waals surface area contributed by atoms with Crippen molar-refractivity contribution in [3.05, 3.63) is 52.8 Å². The van der Waals surface area contributed by atoms with Gasteiger partial charge < -0.3 is 9.64 Å². The molecule has 0 unspecified atom stereocenters. The Morgan fingerprint density at radius 3 is 2.78 bits per heavy atom. The van der Waals surface area contributed by atoms with Gasteiger partial charge in [-0.25, -0.2) is 9.67 Å². The van der Waals surface area contributed by atoms with Gasteiger partial charge >= 0.3 is 0 Å². The Hall–Kier alpha value is -2.60. The number of pyridine rings is 1. The van der Waals surface area contributed by atoms with Crippen molar-refractivity contribution < 1.29 is 9.53 Å². The van der Waals surface area contributed by atoms with E-state index in [1.54, 1.807) is 30.3 Å². The fraction of sp³-hybridized carbons (Fsp3) is 0.350. The first-order chi connectivity index (χ1) is 12.9. The highest BCUT2D eigenvalue weighted by Crippen LogP contribution is 2.24. The van der Waals surface area contributed by atoms with Crippen LogP contribution in [0.2, 0.25) is 5.02 Å². The van der Waals surface area contributed by atoms with Gasteiger partial charge in [0.25, 0.3) is 5.91 Å². The van der Waals surface area contributed by atoms with E-state index >= 15 is 0 Å². The summed E-state index contributed by atoms with van der Waals surface area (Å²) in [5, 5.41) is 5.71. The van der Waals surface area contributed by atoms with Crippen LogP contribution < -0.4 is 4.74 Å². The minimum atomic E-state index is -0.0865. The Balaban J connectivity index is 1.76. The number of carbonyl (C=O) groups is 1. The number of fused-ring (bicyclic) bond motifs is 1. The highest BCUT2D eigenvalue weighted by molar-refractivity contribution is 6.32. The van der Waals surface area contributed by atoms with Gasteiger partial charge in [0.2, 0.25) is 0 Å². The van der Waals surface area contributed by atoms with Crippen LogP contribution in [0.25, 0.3) is 11.0 Å². The summed E-state index contributed by atoms with van der Waals surface area (Å²) in [6.45, 7) is 6.75. The molecule has 27 heavy (non-hydrogen) atoms. The van der Waals surface area contributed by atoms with Gasteiger partial charge in [-0.15, -0.1) is 0 Å². The Bertz CT molecular complexity index is 968. The minimum absolute atomic E-state index is 0.0865. The van der Waals surface area contributed by atoms with Gasteiger partial charge in [0.1, 0.15) is 12.4 Å². The smallest absolute Gasteiger partial charge is 0.254 e. The average molecular weight is 387 g/mol. The molecule has 6 nitrogen and oxygen atoms in total. The summed E-state index contributed by atoms with van der Waals surface area (Å²) in [7, 11) is 1.76. The molecule has 0 atom stereocenters. The number of aryl methyl sites for hydroxylation is 1. The number of hydrogen-bond donors (Lipinski definition) is 0. The van der Waals surface area contributed by atoms with Crippen LogP contribution in [0.3, 0.4) is 0 Å². The number of halogens is 1. The fourth-order valence-corrected chi connectivity index (χ4v) is 3.05. The van der Waals surface area contributed by atoms with E-state index in [0.717, 1.165) is 16.7 Å². The number of para-hydroxylation sites is 1. The lowest BCUT2D eigenvalue weighted by atomic mass is 10.1. The second-order valence-electron chi connectivity index (χ2n) is 6.74. The topological polar surface area (TPSA) is 60.3 Å². The van der Waals surface area contributed by atoms with Crippen molar-refractivity contribution in [2.45, 2.75) is 26.8 Å². The molecule has 0 spiro atoms. The number of nitrogens with zero attached hydrogens (tertiary/aromatic N) is 4. The monoisotopic (exact) mass is 386 g/mol. The van der Waals surface area contributed by atoms with Crippen molar-refractivity contribution in [3.8, 4) is 5.75 Å². The summed E-state index contributed by atoms with van der Waals surface area (Å²) in [6.07, 6.45) is 1.71. The number of aromatic nitrogens is 3. The van der Waals surface area contributed by atoms with E-state index in [-0.39, 0.29) is 11.9 Å². The maximum Gasteiger partial charge on any atom is 0.254 e. The molecule has 1 amide bonds. The maximum atomic E-state index is 13.0. The molecule has 0 saturated carbocycles. The Morgan fingerprint density at radius 1 is 1.33 bits per heavy atom. The third-order valence-corrected chi connectivity index (χ3v) is 4.59. The molecule has 2 aromatic heterocycles. The SMILES string of the molecule is Cc1cc(C(=O)N(C)CCOc2ccccc2Cl)c2cnn(C(C)C)c2n1. The zero-order valence-electron chi connectivity index (χ0n) is 15.9. The van der Waals surface area contributed by atoms with Crippen LogP contribution in [0, 0.1) is 6.92 Å². The number of ether oxygens (including phenoxy) is 1. The van der Waals surface area contributed by atoms with Gasteiger partial charge in [-0.05, 0) is 39.0 Å². The van der Waals surface area contributed by atoms with Crippen molar-refractivity contribution >= 4 is 28.5 Å². The van der Waals surface area contributed by atoms with E-state index in [4.69, 9.17) is 16.3 Å². The van der Waals surface area contributed by atoms with Crippen LogP contribution in [0.15, 0.2) is 36.5 Å². The van der Waals surface area contributed by atoms with Crippen LogP contribution in [0.1, 0.15) is 35.9 Å².